The van der Waals surface area contributed by atoms with Crippen LogP contribution in [0.5, 0.6) is 5.75 Å². The number of benzene rings is 2. The molecular formula is C26H30ClNO3. The van der Waals surface area contributed by atoms with Crippen LogP contribution in [-0.4, -0.2) is 22.7 Å². The van der Waals surface area contributed by atoms with Gasteiger partial charge in [0.05, 0.1) is 6.61 Å². The van der Waals surface area contributed by atoms with Gasteiger partial charge in [-0.2, -0.15) is 0 Å². The molecule has 0 N–H and O–H groups in total. The van der Waals surface area contributed by atoms with Gasteiger partial charge in [0.2, 0.25) is 0 Å². The van der Waals surface area contributed by atoms with E-state index in [1.54, 1.807) is 20.8 Å². The van der Waals surface area contributed by atoms with Gasteiger partial charge in [0.15, 0.2) is 5.60 Å². The van der Waals surface area contributed by atoms with Crippen molar-refractivity contribution < 1.29 is 14.3 Å². The van der Waals surface area contributed by atoms with Crippen molar-refractivity contribution in [3.05, 3.63) is 77.0 Å². The number of ether oxygens (including phenoxy) is 2. The number of halogens is 1. The average molecular weight is 440 g/mol. The van der Waals surface area contributed by atoms with Crippen LogP contribution in [0.15, 0.2) is 55.1 Å². The summed E-state index contributed by atoms with van der Waals surface area (Å²) in [5, 5.41) is 1.87. The van der Waals surface area contributed by atoms with E-state index in [9.17, 15) is 4.79 Å². The molecule has 0 fully saturated rings. The first-order valence-electron chi connectivity index (χ1n) is 10.6. The molecule has 0 unspecified atom stereocenters. The van der Waals surface area contributed by atoms with Crippen molar-refractivity contribution >= 4 is 28.5 Å². The van der Waals surface area contributed by atoms with Crippen LogP contribution in [0, 0.1) is 6.92 Å². The van der Waals surface area contributed by atoms with E-state index in [2.05, 4.69) is 30.2 Å². The van der Waals surface area contributed by atoms with E-state index in [1.165, 1.54) is 16.8 Å². The van der Waals surface area contributed by atoms with Gasteiger partial charge in [-0.25, -0.2) is 4.79 Å². The lowest BCUT2D eigenvalue weighted by molar-refractivity contribution is -0.158. The standard InChI is InChI=1S/C26H30ClNO3/c1-6-16-28-18(3)22(14-10-19-8-11-20(27)12-9-19)23-17-21(13-15-24(23)28)31-26(4,5)25(29)30-7-2/h6,8-9,11-13,15,17H,1,7,10,14,16H2,2-5H3. The minimum atomic E-state index is -1.06. The average Bonchev–Trinajstić information content (AvgIpc) is 2.98. The van der Waals surface area contributed by atoms with Crippen molar-refractivity contribution in [3.63, 3.8) is 0 Å². The van der Waals surface area contributed by atoms with Gasteiger partial charge in [0, 0.05) is 28.2 Å². The van der Waals surface area contributed by atoms with Crippen LogP contribution in [0.1, 0.15) is 37.6 Å². The molecule has 3 aromatic rings. The molecule has 3 rings (SSSR count). The van der Waals surface area contributed by atoms with E-state index in [4.69, 9.17) is 21.1 Å². The van der Waals surface area contributed by atoms with Gasteiger partial charge < -0.3 is 14.0 Å². The van der Waals surface area contributed by atoms with Crippen molar-refractivity contribution in [2.45, 2.75) is 52.7 Å². The van der Waals surface area contributed by atoms with Crippen LogP contribution in [-0.2, 0) is 28.9 Å². The van der Waals surface area contributed by atoms with Crippen molar-refractivity contribution in [2.24, 2.45) is 0 Å². The normalized spacial score (nSPS) is 11.5. The van der Waals surface area contributed by atoms with Crippen molar-refractivity contribution in [1.82, 2.24) is 4.57 Å². The molecule has 31 heavy (non-hydrogen) atoms. The number of carbonyl (C=O) groups excluding carboxylic acids is 1. The highest BCUT2D eigenvalue weighted by Gasteiger charge is 2.31. The third-order valence-corrected chi connectivity index (χ3v) is 5.71. The van der Waals surface area contributed by atoms with Gasteiger partial charge >= 0.3 is 5.97 Å². The molecule has 0 bridgehead atoms. The van der Waals surface area contributed by atoms with Crippen LogP contribution in [0.25, 0.3) is 10.9 Å². The minimum absolute atomic E-state index is 0.323. The Hall–Kier alpha value is -2.72. The number of fused-ring (bicyclic) bond motifs is 1. The highest BCUT2D eigenvalue weighted by atomic mass is 35.5. The van der Waals surface area contributed by atoms with Gasteiger partial charge in [0.1, 0.15) is 5.75 Å². The highest BCUT2D eigenvalue weighted by Crippen LogP contribution is 2.32. The second kappa shape index (κ2) is 9.61. The SMILES string of the molecule is C=CCn1c(C)c(CCc2ccc(Cl)cc2)c2cc(OC(C)(C)C(=O)OCC)ccc21. The van der Waals surface area contributed by atoms with Crippen LogP contribution in [0.2, 0.25) is 5.02 Å². The summed E-state index contributed by atoms with van der Waals surface area (Å²) in [6, 6.07) is 14.0. The van der Waals surface area contributed by atoms with Crippen LogP contribution in [0.3, 0.4) is 0 Å². The topological polar surface area (TPSA) is 40.5 Å². The minimum Gasteiger partial charge on any atom is -0.476 e. The fraction of sp³-hybridized carbons (Fsp3) is 0.346. The highest BCUT2D eigenvalue weighted by molar-refractivity contribution is 6.30. The van der Waals surface area contributed by atoms with E-state index in [1.807, 2.05) is 36.4 Å². The fourth-order valence-electron chi connectivity index (χ4n) is 3.84. The zero-order valence-corrected chi connectivity index (χ0v) is 19.5. The van der Waals surface area contributed by atoms with Gasteiger partial charge in [-0.3, -0.25) is 0 Å². The lowest BCUT2D eigenvalue weighted by Gasteiger charge is -2.24. The van der Waals surface area contributed by atoms with E-state index in [0.29, 0.717) is 12.4 Å². The Morgan fingerprint density at radius 2 is 1.87 bits per heavy atom. The Kier molecular flexibility index (Phi) is 7.11. The Labute approximate surface area is 189 Å². The smallest absolute Gasteiger partial charge is 0.349 e. The zero-order chi connectivity index (χ0) is 22.6. The summed E-state index contributed by atoms with van der Waals surface area (Å²) in [6.07, 6.45) is 3.70. The molecule has 0 atom stereocenters. The molecule has 0 amide bonds. The van der Waals surface area contributed by atoms with Gasteiger partial charge in [-0.1, -0.05) is 29.8 Å². The molecule has 0 aliphatic heterocycles. The number of hydrogen-bond acceptors (Lipinski definition) is 3. The monoisotopic (exact) mass is 439 g/mol. The maximum atomic E-state index is 12.3. The lowest BCUT2D eigenvalue weighted by atomic mass is 10.0. The number of esters is 1. The molecule has 2 aromatic carbocycles. The molecule has 1 aromatic heterocycles. The second-order valence-corrected chi connectivity index (χ2v) is 8.54. The first kappa shape index (κ1) is 23.0. The molecular weight excluding hydrogens is 410 g/mol. The maximum absolute atomic E-state index is 12.3. The third-order valence-electron chi connectivity index (χ3n) is 5.45. The summed E-state index contributed by atoms with van der Waals surface area (Å²) in [5.74, 6) is 0.271. The predicted molar refractivity (Wildman–Crippen MR) is 127 cm³/mol. The first-order valence-corrected chi connectivity index (χ1v) is 11.0. The third kappa shape index (κ3) is 5.13. The molecule has 164 valence electrons. The largest absolute Gasteiger partial charge is 0.476 e. The molecule has 5 heteroatoms. The van der Waals surface area contributed by atoms with Crippen LogP contribution >= 0.6 is 11.6 Å². The Balaban J connectivity index is 1.96. The number of aryl methyl sites for hydroxylation is 2. The van der Waals surface area contributed by atoms with Crippen LogP contribution < -0.4 is 4.74 Å². The Morgan fingerprint density at radius 1 is 1.16 bits per heavy atom. The van der Waals surface area contributed by atoms with E-state index < -0.39 is 5.60 Å². The van der Waals surface area contributed by atoms with Crippen molar-refractivity contribution in [2.75, 3.05) is 6.61 Å². The van der Waals surface area contributed by atoms with Crippen molar-refractivity contribution in [1.29, 1.82) is 0 Å². The molecule has 0 aliphatic carbocycles. The van der Waals surface area contributed by atoms with Crippen molar-refractivity contribution in [3.8, 4) is 5.75 Å². The van der Waals surface area contributed by atoms with Gasteiger partial charge in [-0.05, 0) is 82.0 Å². The summed E-state index contributed by atoms with van der Waals surface area (Å²) in [4.78, 5) is 12.3. The van der Waals surface area contributed by atoms with Gasteiger partial charge in [0.25, 0.3) is 0 Å². The quantitative estimate of drug-likeness (QED) is 0.290. The Morgan fingerprint density at radius 3 is 2.52 bits per heavy atom. The lowest BCUT2D eigenvalue weighted by Crippen LogP contribution is -2.39. The van der Waals surface area contributed by atoms with E-state index in [0.717, 1.165) is 35.3 Å². The molecule has 0 saturated carbocycles. The number of carbonyl (C=O) groups is 1. The summed E-state index contributed by atoms with van der Waals surface area (Å²) in [5.41, 5.74) is 3.79. The van der Waals surface area contributed by atoms with E-state index in [-0.39, 0.29) is 5.97 Å². The predicted octanol–water partition coefficient (Wildman–Crippen LogP) is 6.29. The fourth-order valence-corrected chi connectivity index (χ4v) is 3.96. The van der Waals surface area contributed by atoms with Gasteiger partial charge in [-0.15, -0.1) is 6.58 Å². The second-order valence-electron chi connectivity index (χ2n) is 8.10. The first-order chi connectivity index (χ1) is 14.8. The number of allylic oxidation sites excluding steroid dienone is 1. The summed E-state index contributed by atoms with van der Waals surface area (Å²) in [6.45, 7) is 12.4. The summed E-state index contributed by atoms with van der Waals surface area (Å²) in [7, 11) is 0. The number of aromatic nitrogens is 1. The molecule has 0 saturated heterocycles. The maximum Gasteiger partial charge on any atom is 0.349 e. The van der Waals surface area contributed by atoms with Crippen LogP contribution in [0.4, 0.5) is 0 Å². The number of hydrogen-bond donors (Lipinski definition) is 0. The zero-order valence-electron chi connectivity index (χ0n) is 18.7. The molecule has 0 aliphatic rings. The Bertz CT molecular complexity index is 1080. The summed E-state index contributed by atoms with van der Waals surface area (Å²) >= 11 is 6.02. The molecule has 4 nitrogen and oxygen atoms in total. The number of nitrogens with zero attached hydrogens (tertiary/aromatic N) is 1. The molecule has 0 radical (unpaired) electrons. The number of rotatable bonds is 9. The molecule has 1 heterocycles. The molecule has 0 spiro atoms. The van der Waals surface area contributed by atoms with E-state index >= 15 is 0 Å². The summed E-state index contributed by atoms with van der Waals surface area (Å²) < 4.78 is 13.5.